The van der Waals surface area contributed by atoms with E-state index in [4.69, 9.17) is 9.47 Å². The molecule has 4 heterocycles. The number of aliphatic hydroxyl groups excluding tert-OH is 1. The van der Waals surface area contributed by atoms with Crippen molar-refractivity contribution in [3.63, 3.8) is 0 Å². The van der Waals surface area contributed by atoms with Crippen LogP contribution in [0.5, 0.6) is 5.75 Å². The summed E-state index contributed by atoms with van der Waals surface area (Å²) >= 11 is 0. The summed E-state index contributed by atoms with van der Waals surface area (Å²) in [5, 5.41) is 10.3. The highest BCUT2D eigenvalue weighted by Gasteiger charge is 2.67. The van der Waals surface area contributed by atoms with Crippen molar-refractivity contribution >= 4 is 37.5 Å². The lowest BCUT2D eigenvalue weighted by molar-refractivity contribution is -0.151. The quantitative estimate of drug-likeness (QED) is 0.206. The number of methoxy groups -OCH3 is 1. The van der Waals surface area contributed by atoms with Crippen molar-refractivity contribution in [3.8, 4) is 5.75 Å². The number of carbonyl (C=O) groups excluding carboxylic acids is 3. The van der Waals surface area contributed by atoms with E-state index in [1.165, 1.54) is 0 Å². The molecule has 0 unspecified atom stereocenters. The molecule has 3 aromatic carbocycles. The maximum Gasteiger partial charge on any atom is 0.264 e. The molecule has 1 spiro atoms. The van der Waals surface area contributed by atoms with Gasteiger partial charge in [0.1, 0.15) is 5.75 Å². The molecule has 7 rings (SSSR count). The van der Waals surface area contributed by atoms with Crippen molar-refractivity contribution < 1.29 is 33.1 Å². The van der Waals surface area contributed by atoms with Crippen LogP contribution in [0.3, 0.4) is 0 Å². The average Bonchev–Trinajstić information content (AvgIpc) is 3.55. The van der Waals surface area contributed by atoms with Crippen LogP contribution in [0.2, 0.25) is 18.6 Å². The van der Waals surface area contributed by atoms with E-state index in [0.29, 0.717) is 42.9 Å². The Hall–Kier alpha value is -4.06. The van der Waals surface area contributed by atoms with Crippen molar-refractivity contribution in [2.75, 3.05) is 30.1 Å². The molecule has 276 valence electrons. The normalized spacial score (nSPS) is 26.3. The van der Waals surface area contributed by atoms with E-state index < -0.39 is 37.6 Å². The largest absolute Gasteiger partial charge is 0.497 e. The molecule has 3 amide bonds. The molecule has 0 aliphatic carbocycles. The van der Waals surface area contributed by atoms with Gasteiger partial charge in [-0.25, -0.2) is 0 Å². The highest BCUT2D eigenvalue weighted by molar-refractivity contribution is 6.72. The highest BCUT2D eigenvalue weighted by Crippen LogP contribution is 2.61. The minimum atomic E-state index is -3.54. The van der Waals surface area contributed by atoms with Gasteiger partial charge in [-0.05, 0) is 79.4 Å². The maximum atomic E-state index is 16.6. The number of ether oxygens (including phenoxy) is 2. The number of anilines is 2. The van der Waals surface area contributed by atoms with Gasteiger partial charge >= 0.3 is 0 Å². The number of amides is 3. The first-order chi connectivity index (χ1) is 25.0. The fourth-order valence-electron chi connectivity index (χ4n) is 9.28. The summed E-state index contributed by atoms with van der Waals surface area (Å²) in [5.41, 5.74) is 2.87. The molecule has 4 aliphatic rings. The van der Waals surface area contributed by atoms with Crippen molar-refractivity contribution in [1.82, 2.24) is 4.90 Å². The summed E-state index contributed by atoms with van der Waals surface area (Å²) in [6.07, 6.45) is 4.08. The Bertz CT molecular complexity index is 1850. The molecule has 0 saturated carbocycles. The monoisotopic (exact) mass is 727 g/mol. The molecule has 1 N–H and O–H groups in total. The number of halogens is 1. The van der Waals surface area contributed by atoms with Crippen molar-refractivity contribution in [1.29, 1.82) is 0 Å². The first kappa shape index (κ1) is 36.3. The van der Waals surface area contributed by atoms with Crippen molar-refractivity contribution in [3.05, 3.63) is 89.0 Å². The smallest absolute Gasteiger partial charge is 0.264 e. The average molecular weight is 728 g/mol. The van der Waals surface area contributed by atoms with Crippen LogP contribution in [0.15, 0.2) is 66.7 Å². The van der Waals surface area contributed by atoms with E-state index in [1.54, 1.807) is 30.0 Å². The van der Waals surface area contributed by atoms with Gasteiger partial charge in [0.15, 0.2) is 5.60 Å². The minimum absolute atomic E-state index is 0.103. The number of benzene rings is 3. The van der Waals surface area contributed by atoms with Gasteiger partial charge in [0, 0.05) is 42.2 Å². The molecular weight excluding hydrogens is 678 g/mol. The van der Waals surface area contributed by atoms with E-state index in [2.05, 4.69) is 0 Å². The van der Waals surface area contributed by atoms with Crippen LogP contribution in [-0.2, 0) is 44.2 Å². The topological polar surface area (TPSA) is 99.6 Å². The predicted molar refractivity (Wildman–Crippen MR) is 200 cm³/mol. The van der Waals surface area contributed by atoms with Crippen molar-refractivity contribution in [2.45, 2.75) is 101 Å². The Labute approximate surface area is 306 Å². The zero-order valence-electron chi connectivity index (χ0n) is 30.6. The lowest BCUT2D eigenvalue weighted by Crippen LogP contribution is -2.48. The summed E-state index contributed by atoms with van der Waals surface area (Å²) in [6.45, 7) is 6.19. The third kappa shape index (κ3) is 6.45. The van der Waals surface area contributed by atoms with E-state index in [1.807, 2.05) is 78.6 Å². The molecule has 5 atom stereocenters. The van der Waals surface area contributed by atoms with Crippen LogP contribution in [0.1, 0.15) is 67.7 Å². The second kappa shape index (κ2) is 14.4. The molecule has 3 aromatic rings. The fraction of sp³-hybridized carbons (Fsp3) is 0.488. The van der Waals surface area contributed by atoms with Gasteiger partial charge in [0.05, 0.1) is 44.5 Å². The number of fused-ring (bicyclic) bond motifs is 3. The number of rotatable bonds is 8. The van der Waals surface area contributed by atoms with Crippen LogP contribution >= 0.6 is 0 Å². The fourth-order valence-corrected chi connectivity index (χ4v) is 11.8. The Morgan fingerprint density at radius 2 is 1.79 bits per heavy atom. The van der Waals surface area contributed by atoms with Gasteiger partial charge < -0.3 is 33.4 Å². The SMILES string of the molecule is COc1ccc2c(c1)[C@]1(O[C@@H](CC(=O)N3Cc4ccccc4C[C@H]3CO)[C@H]([Si](C)(C)F)[C@H]1C)C(=O)N2Cc1cccc(N2CCCCCCC2=O)c1. The first-order valence-electron chi connectivity index (χ1n) is 18.7. The van der Waals surface area contributed by atoms with Crippen LogP contribution in [0.4, 0.5) is 15.5 Å². The number of carbonyl (C=O) groups is 3. The number of hydrogen-bond acceptors (Lipinski definition) is 6. The predicted octanol–water partition coefficient (Wildman–Crippen LogP) is 6.65. The molecule has 9 nitrogen and oxygen atoms in total. The maximum absolute atomic E-state index is 16.6. The summed E-state index contributed by atoms with van der Waals surface area (Å²) in [7, 11) is -1.97. The number of aliphatic hydroxyl groups is 1. The summed E-state index contributed by atoms with van der Waals surface area (Å²) < 4.78 is 29.1. The highest BCUT2D eigenvalue weighted by atomic mass is 28.4. The summed E-state index contributed by atoms with van der Waals surface area (Å²) in [6, 6.07) is 20.8. The molecule has 11 heteroatoms. The van der Waals surface area contributed by atoms with Crippen LogP contribution in [0, 0.1) is 5.92 Å². The van der Waals surface area contributed by atoms with Crippen LogP contribution < -0.4 is 14.5 Å². The van der Waals surface area contributed by atoms with Gasteiger partial charge in [-0.15, -0.1) is 0 Å². The lowest BCUT2D eigenvalue weighted by atomic mass is 9.82. The van der Waals surface area contributed by atoms with Gasteiger partial charge in [-0.1, -0.05) is 56.2 Å². The third-order valence-electron chi connectivity index (χ3n) is 11.8. The van der Waals surface area contributed by atoms with Gasteiger partial charge in [0.2, 0.25) is 20.2 Å². The van der Waals surface area contributed by atoms with E-state index in [9.17, 15) is 14.7 Å². The van der Waals surface area contributed by atoms with E-state index in [0.717, 1.165) is 48.1 Å². The third-order valence-corrected chi connectivity index (χ3v) is 14.3. The standard InChI is InChI=1S/C41H50FN3O6Si/c1-27-39(52(3,4)42)36(23-38(48)44-25-30-14-9-8-13-29(30)21-32(44)26-46)51-41(27)34-22-33(50-2)17-18-35(34)45(40(41)49)24-28-12-11-15-31(20-28)43-19-10-6-5-7-16-37(43)47/h8-9,11-15,17-18,20,22,27,32,36,39,46H,5-7,10,16,19,21,23-26H2,1-4H3/t27-,32+,36+,39-,41+/m1/s1. The number of hydrogen-bond donors (Lipinski definition) is 1. The Kier molecular flexibility index (Phi) is 10.1. The Balaban J connectivity index is 1.21. The molecule has 0 radical (unpaired) electrons. The van der Waals surface area contributed by atoms with Gasteiger partial charge in [0.25, 0.3) is 5.91 Å². The molecule has 52 heavy (non-hydrogen) atoms. The zero-order valence-corrected chi connectivity index (χ0v) is 31.6. The van der Waals surface area contributed by atoms with E-state index >= 15 is 8.90 Å². The van der Waals surface area contributed by atoms with Crippen molar-refractivity contribution in [2.24, 2.45) is 5.92 Å². The van der Waals surface area contributed by atoms with E-state index in [-0.39, 0.29) is 37.3 Å². The molecule has 2 fully saturated rings. The molecule has 2 saturated heterocycles. The van der Waals surface area contributed by atoms with Crippen LogP contribution in [0.25, 0.3) is 0 Å². The summed E-state index contributed by atoms with van der Waals surface area (Å²) in [5.74, 6) is -0.445. The molecular formula is C41H50FN3O6Si. The second-order valence-corrected chi connectivity index (χ2v) is 19.3. The Morgan fingerprint density at radius 1 is 1.02 bits per heavy atom. The van der Waals surface area contributed by atoms with Crippen LogP contribution in [-0.4, -0.2) is 68.5 Å². The zero-order chi connectivity index (χ0) is 36.8. The summed E-state index contributed by atoms with van der Waals surface area (Å²) in [4.78, 5) is 47.5. The minimum Gasteiger partial charge on any atom is -0.497 e. The lowest BCUT2D eigenvalue weighted by Gasteiger charge is -2.37. The molecule has 4 aliphatic heterocycles. The molecule has 0 aromatic heterocycles. The molecule has 0 bridgehead atoms. The Morgan fingerprint density at radius 3 is 2.54 bits per heavy atom. The number of nitrogens with zero attached hydrogens (tertiary/aromatic N) is 3. The first-order valence-corrected chi connectivity index (χ1v) is 21.7. The van der Waals surface area contributed by atoms with Gasteiger partial charge in [-0.3, -0.25) is 14.4 Å². The van der Waals surface area contributed by atoms with Gasteiger partial charge in [-0.2, -0.15) is 0 Å². The second-order valence-electron chi connectivity index (χ2n) is 15.5.